The maximum Gasteiger partial charge on any atom is 0.184 e. The molecule has 0 aromatic carbocycles. The Morgan fingerprint density at radius 1 is 1.35 bits per heavy atom. The van der Waals surface area contributed by atoms with Gasteiger partial charge in [0.2, 0.25) is 0 Å². The van der Waals surface area contributed by atoms with Gasteiger partial charge in [-0.15, -0.1) is 0 Å². The number of nitrogens with zero attached hydrogens (tertiary/aromatic N) is 1. The number of carbonyl (C=O) groups is 1. The van der Waals surface area contributed by atoms with Crippen molar-refractivity contribution in [3.05, 3.63) is 0 Å². The fourth-order valence-electron chi connectivity index (χ4n) is 0.794. The summed E-state index contributed by atoms with van der Waals surface area (Å²) in [7, 11) is 0. The lowest BCUT2D eigenvalue weighted by molar-refractivity contribution is -0.320. The number of aliphatic carboxylic acids is 1. The molecule has 0 rings (SSSR count). The normalized spacial score (nSPS) is 18.4. The molecule has 0 aliphatic carbocycles. The molecule has 7 N–H and O–H groups in total. The number of carboxylic acids is 1. The van der Waals surface area contributed by atoms with Crippen molar-refractivity contribution in [2.45, 2.75) is 24.4 Å². The molecular formula is C7H12N3O6S-. The molecule has 4 atom stereocenters. The van der Waals surface area contributed by atoms with E-state index in [1.807, 2.05) is 0 Å². The maximum atomic E-state index is 10.2. The van der Waals surface area contributed by atoms with Crippen LogP contribution in [0.5, 0.6) is 0 Å². The number of aliphatic hydroxyl groups excluding tert-OH is 4. The number of hydrogen-bond acceptors (Lipinski definition) is 8. The minimum absolute atomic E-state index is 0.196. The van der Waals surface area contributed by atoms with Gasteiger partial charge in [0, 0.05) is 0 Å². The van der Waals surface area contributed by atoms with Crippen molar-refractivity contribution in [1.82, 2.24) is 5.43 Å². The van der Waals surface area contributed by atoms with E-state index < -0.39 is 30.4 Å². The van der Waals surface area contributed by atoms with Gasteiger partial charge in [0.05, 0.1) is 12.2 Å². The number of nitrogens with one attached hydrogen (secondary N) is 1. The van der Waals surface area contributed by atoms with Crippen LogP contribution in [0.25, 0.3) is 0 Å². The van der Waals surface area contributed by atoms with Gasteiger partial charge in [-0.25, -0.2) is 0 Å². The predicted molar refractivity (Wildman–Crippen MR) is 57.4 cm³/mol. The Labute approximate surface area is 101 Å². The second-order valence-corrected chi connectivity index (χ2v) is 3.43. The molecule has 0 aliphatic heterocycles. The van der Waals surface area contributed by atoms with E-state index in [0.717, 1.165) is 6.21 Å². The zero-order valence-corrected chi connectivity index (χ0v) is 9.24. The van der Waals surface area contributed by atoms with Crippen molar-refractivity contribution in [2.24, 2.45) is 10.8 Å². The van der Waals surface area contributed by atoms with Crippen LogP contribution in [-0.4, -0.2) is 62.1 Å². The van der Waals surface area contributed by atoms with Crippen LogP contribution in [0.4, 0.5) is 0 Å². The molecule has 0 saturated heterocycles. The summed E-state index contributed by atoms with van der Waals surface area (Å²) in [5, 5.41) is 49.7. The third-order valence-electron chi connectivity index (χ3n) is 1.67. The molecule has 0 unspecified atom stereocenters. The van der Waals surface area contributed by atoms with Gasteiger partial charge >= 0.3 is 0 Å². The largest absolute Gasteiger partial charge is 0.547 e. The summed E-state index contributed by atoms with van der Waals surface area (Å²) in [4.78, 5) is 10.2. The van der Waals surface area contributed by atoms with E-state index in [2.05, 4.69) is 22.7 Å². The molecule has 9 nitrogen and oxygen atoms in total. The summed E-state index contributed by atoms with van der Waals surface area (Å²) < 4.78 is 0. The van der Waals surface area contributed by atoms with Crippen molar-refractivity contribution in [2.75, 3.05) is 0 Å². The Balaban J connectivity index is 4.38. The summed E-state index contributed by atoms with van der Waals surface area (Å²) in [6.07, 6.45) is -7.46. The van der Waals surface area contributed by atoms with E-state index in [9.17, 15) is 20.1 Å². The number of nitrogens with two attached hydrogens (primary N) is 1. The molecule has 0 aliphatic rings. The molecule has 98 valence electrons. The highest BCUT2D eigenvalue weighted by Crippen LogP contribution is 2.03. The van der Waals surface area contributed by atoms with Crippen LogP contribution in [0.1, 0.15) is 0 Å². The van der Waals surface area contributed by atoms with Gasteiger partial charge in [0.15, 0.2) is 5.11 Å². The minimum atomic E-state index is -2.34. The van der Waals surface area contributed by atoms with E-state index in [1.54, 1.807) is 0 Å². The number of carbonyl (C=O) groups excluding carboxylic acids is 1. The quantitative estimate of drug-likeness (QED) is 0.156. The molecule has 0 bridgehead atoms. The Bertz CT molecular complexity index is 312. The van der Waals surface area contributed by atoms with Crippen LogP contribution in [-0.2, 0) is 4.79 Å². The number of aliphatic hydroxyl groups is 4. The molecule has 0 aromatic rings. The minimum Gasteiger partial charge on any atom is -0.547 e. The summed E-state index contributed by atoms with van der Waals surface area (Å²) in [5.41, 5.74) is 7.05. The van der Waals surface area contributed by atoms with Crippen molar-refractivity contribution in [3.63, 3.8) is 0 Å². The van der Waals surface area contributed by atoms with Gasteiger partial charge in [-0.05, 0) is 12.2 Å². The second-order valence-electron chi connectivity index (χ2n) is 2.99. The van der Waals surface area contributed by atoms with Crippen LogP contribution in [0, 0.1) is 0 Å². The lowest BCUT2D eigenvalue weighted by Gasteiger charge is -2.25. The van der Waals surface area contributed by atoms with E-state index >= 15 is 0 Å². The lowest BCUT2D eigenvalue weighted by Crippen LogP contribution is -2.52. The molecule has 0 amide bonds. The first-order chi connectivity index (χ1) is 7.77. The fraction of sp³-hybridized carbons (Fsp3) is 0.571. The first kappa shape index (κ1) is 15.7. The van der Waals surface area contributed by atoms with Crippen molar-refractivity contribution in [1.29, 1.82) is 0 Å². The molecule has 0 heterocycles. The number of hydrazone groups is 1. The van der Waals surface area contributed by atoms with Crippen LogP contribution >= 0.6 is 12.2 Å². The number of rotatable bonds is 6. The maximum absolute atomic E-state index is 10.2. The number of thiocarbonyl (C=S) groups is 1. The molecular weight excluding hydrogens is 254 g/mol. The Morgan fingerprint density at radius 3 is 2.29 bits per heavy atom. The van der Waals surface area contributed by atoms with Crippen LogP contribution in [0.2, 0.25) is 0 Å². The molecule has 10 heteroatoms. The zero-order valence-electron chi connectivity index (χ0n) is 8.42. The highest BCUT2D eigenvalue weighted by molar-refractivity contribution is 7.80. The van der Waals surface area contributed by atoms with Crippen molar-refractivity contribution in [3.8, 4) is 0 Å². The van der Waals surface area contributed by atoms with E-state index in [1.165, 1.54) is 0 Å². The Kier molecular flexibility index (Phi) is 6.53. The summed E-state index contributed by atoms with van der Waals surface area (Å²) >= 11 is 4.37. The third kappa shape index (κ3) is 5.51. The number of carboxylic acid groups (broad SMARTS) is 1. The van der Waals surface area contributed by atoms with Crippen molar-refractivity contribution >= 4 is 29.5 Å². The van der Waals surface area contributed by atoms with Crippen LogP contribution in [0.3, 0.4) is 0 Å². The standard InChI is InChI=1S/C7H13N3O6S/c8-7(17)10-9-1-2(11)3(12)4(13)5(14)6(15)16/h1-5,11-14H,(H,15,16)(H3,8,10,17)/p-1/b9-1-/t2-,3+,4+,5+/m1/s1. The monoisotopic (exact) mass is 266 g/mol. The predicted octanol–water partition coefficient (Wildman–Crippen LogP) is -5.00. The SMILES string of the molecule is NC(=S)N/N=C\[C@@H](O)[C@H](O)[C@H](O)[C@H](O)C(=O)[O-]. The fourth-order valence-corrected chi connectivity index (χ4v) is 0.846. The van der Waals surface area contributed by atoms with Gasteiger partial charge in [-0.3, -0.25) is 5.43 Å². The topological polar surface area (TPSA) is 171 Å². The average Bonchev–Trinajstić information content (AvgIpc) is 2.25. The molecule has 0 aromatic heterocycles. The van der Waals surface area contributed by atoms with Crippen LogP contribution in [0.15, 0.2) is 5.10 Å². The van der Waals surface area contributed by atoms with Crippen LogP contribution < -0.4 is 16.3 Å². The molecule has 0 radical (unpaired) electrons. The Hall–Kier alpha value is -1.33. The van der Waals surface area contributed by atoms with Gasteiger partial charge in [-0.1, -0.05) is 0 Å². The molecule has 0 saturated carbocycles. The lowest BCUT2D eigenvalue weighted by atomic mass is 10.0. The second kappa shape index (κ2) is 7.09. The van der Waals surface area contributed by atoms with Crippen molar-refractivity contribution < 1.29 is 30.3 Å². The first-order valence-corrected chi connectivity index (χ1v) is 4.70. The van der Waals surface area contributed by atoms with Gasteiger partial charge in [-0.2, -0.15) is 5.10 Å². The van der Waals surface area contributed by atoms with E-state index in [4.69, 9.17) is 15.9 Å². The number of hydrogen-bond donors (Lipinski definition) is 6. The highest BCUT2D eigenvalue weighted by Gasteiger charge is 2.30. The summed E-state index contributed by atoms with van der Waals surface area (Å²) in [6.45, 7) is 0. The third-order valence-corrected chi connectivity index (χ3v) is 1.76. The van der Waals surface area contributed by atoms with Gasteiger partial charge in [0.1, 0.15) is 24.4 Å². The average molecular weight is 266 g/mol. The molecule has 0 fully saturated rings. The molecule has 17 heavy (non-hydrogen) atoms. The summed E-state index contributed by atoms with van der Waals surface area (Å²) in [6, 6.07) is 0. The van der Waals surface area contributed by atoms with E-state index in [0.29, 0.717) is 0 Å². The van der Waals surface area contributed by atoms with Gasteiger partial charge < -0.3 is 36.1 Å². The molecule has 0 spiro atoms. The Morgan fingerprint density at radius 2 is 1.88 bits per heavy atom. The van der Waals surface area contributed by atoms with Gasteiger partial charge in [0.25, 0.3) is 0 Å². The smallest absolute Gasteiger partial charge is 0.184 e. The van der Waals surface area contributed by atoms with E-state index in [-0.39, 0.29) is 5.11 Å². The summed E-state index contributed by atoms with van der Waals surface area (Å²) in [5.74, 6) is -1.98. The first-order valence-electron chi connectivity index (χ1n) is 4.29. The zero-order chi connectivity index (χ0) is 13.6. The highest BCUT2D eigenvalue weighted by atomic mass is 32.1.